The molecule has 6 heteroatoms. The molecule has 1 saturated heterocycles. The highest BCUT2D eigenvalue weighted by Crippen LogP contribution is 2.34. The molecule has 1 N–H and O–H groups in total. The maximum atomic E-state index is 12.7. The number of hydrogen-bond acceptors (Lipinski definition) is 3. The zero-order chi connectivity index (χ0) is 14.3. The molecule has 2 rings (SSSR count). The number of nitrogens with zero attached hydrogens (tertiary/aromatic N) is 2. The minimum absolute atomic E-state index is 0.170. The molecular weight excluding hydrogens is 257 g/mol. The van der Waals surface area contributed by atoms with Gasteiger partial charge in [-0.2, -0.15) is 13.2 Å². The largest absolute Gasteiger partial charge is 0.433 e. The van der Waals surface area contributed by atoms with Gasteiger partial charge in [0.15, 0.2) is 0 Å². The van der Waals surface area contributed by atoms with Crippen molar-refractivity contribution in [2.24, 2.45) is 0 Å². The van der Waals surface area contributed by atoms with E-state index in [0.717, 1.165) is 25.1 Å². The lowest BCUT2D eigenvalue weighted by Gasteiger charge is -2.35. The Morgan fingerprint density at radius 3 is 2.63 bits per heavy atom. The maximum Gasteiger partial charge on any atom is 0.433 e. The molecule has 2 heterocycles. The molecule has 0 amide bonds. The molecule has 0 saturated carbocycles. The van der Waals surface area contributed by atoms with Gasteiger partial charge in [0.1, 0.15) is 5.69 Å². The second-order valence-corrected chi connectivity index (χ2v) is 5.40. The first-order chi connectivity index (χ1) is 8.69. The number of pyridine rings is 1. The van der Waals surface area contributed by atoms with Crippen molar-refractivity contribution >= 4 is 5.69 Å². The van der Waals surface area contributed by atoms with Gasteiger partial charge in [0.25, 0.3) is 0 Å². The van der Waals surface area contributed by atoms with E-state index in [1.807, 2.05) is 4.90 Å². The Labute approximate surface area is 110 Å². The van der Waals surface area contributed by atoms with Crippen molar-refractivity contribution in [3.8, 4) is 0 Å². The minimum atomic E-state index is -4.44. The van der Waals surface area contributed by atoms with Gasteiger partial charge in [0.2, 0.25) is 0 Å². The van der Waals surface area contributed by atoms with E-state index in [4.69, 9.17) is 0 Å². The highest BCUT2D eigenvalue weighted by molar-refractivity contribution is 5.49. The van der Waals surface area contributed by atoms with Crippen LogP contribution < -0.4 is 4.90 Å². The molecule has 0 bridgehead atoms. The lowest BCUT2D eigenvalue weighted by Crippen LogP contribution is -2.45. The smallest absolute Gasteiger partial charge is 0.388 e. The predicted octanol–water partition coefficient (Wildman–Crippen LogP) is 2.84. The fourth-order valence-electron chi connectivity index (χ4n) is 2.56. The van der Waals surface area contributed by atoms with E-state index >= 15 is 0 Å². The number of alkyl halides is 3. The average molecular weight is 274 g/mol. The lowest BCUT2D eigenvalue weighted by atomic mass is 9.96. The van der Waals surface area contributed by atoms with E-state index in [2.05, 4.69) is 4.98 Å². The zero-order valence-corrected chi connectivity index (χ0v) is 10.9. The second kappa shape index (κ2) is 4.67. The third kappa shape index (κ3) is 3.00. The van der Waals surface area contributed by atoms with E-state index in [9.17, 15) is 18.3 Å². The lowest BCUT2D eigenvalue weighted by molar-refractivity contribution is -0.141. The fraction of sp³-hybridized carbons (Fsp3) is 0.615. The van der Waals surface area contributed by atoms with Crippen LogP contribution in [0.1, 0.15) is 32.4 Å². The molecule has 0 spiro atoms. The van der Waals surface area contributed by atoms with E-state index in [1.54, 1.807) is 19.9 Å². The van der Waals surface area contributed by atoms with Crippen molar-refractivity contribution in [3.63, 3.8) is 0 Å². The van der Waals surface area contributed by atoms with Crippen LogP contribution in [-0.4, -0.2) is 28.3 Å². The van der Waals surface area contributed by atoms with Crippen LogP contribution in [0.2, 0.25) is 0 Å². The predicted molar refractivity (Wildman–Crippen MR) is 65.9 cm³/mol. The first-order valence-electron chi connectivity index (χ1n) is 6.22. The number of aliphatic hydroxyl groups is 1. The summed E-state index contributed by atoms with van der Waals surface area (Å²) < 4.78 is 38.0. The molecule has 1 aromatic heterocycles. The molecule has 1 fully saturated rings. The van der Waals surface area contributed by atoms with Crippen molar-refractivity contribution in [1.29, 1.82) is 0 Å². The molecule has 3 nitrogen and oxygen atoms in total. The normalized spacial score (nSPS) is 20.9. The van der Waals surface area contributed by atoms with Gasteiger partial charge in [0.05, 0.1) is 11.6 Å². The molecule has 0 aliphatic carbocycles. The van der Waals surface area contributed by atoms with Crippen molar-refractivity contribution < 1.29 is 18.3 Å². The van der Waals surface area contributed by atoms with Crippen LogP contribution in [0.25, 0.3) is 0 Å². The molecular formula is C13H17F3N2O. The number of halogens is 3. The number of anilines is 1. The van der Waals surface area contributed by atoms with Gasteiger partial charge in [-0.15, -0.1) is 0 Å². The molecule has 1 aliphatic rings. The van der Waals surface area contributed by atoms with E-state index < -0.39 is 17.5 Å². The Morgan fingerprint density at radius 1 is 1.37 bits per heavy atom. The highest BCUT2D eigenvalue weighted by atomic mass is 19.4. The molecule has 106 valence electrons. The van der Waals surface area contributed by atoms with Crippen LogP contribution in [0.15, 0.2) is 18.3 Å². The minimum Gasteiger partial charge on any atom is -0.388 e. The van der Waals surface area contributed by atoms with E-state index in [1.165, 1.54) is 0 Å². The number of rotatable bonds is 2. The van der Waals surface area contributed by atoms with Crippen molar-refractivity contribution in [3.05, 3.63) is 24.0 Å². The van der Waals surface area contributed by atoms with Gasteiger partial charge >= 0.3 is 6.18 Å². The summed E-state index contributed by atoms with van der Waals surface area (Å²) in [6.07, 6.45) is -1.65. The second-order valence-electron chi connectivity index (χ2n) is 5.40. The van der Waals surface area contributed by atoms with E-state index in [0.29, 0.717) is 12.2 Å². The fourth-order valence-corrected chi connectivity index (χ4v) is 2.56. The van der Waals surface area contributed by atoms with Crippen LogP contribution in [0.3, 0.4) is 0 Å². The van der Waals surface area contributed by atoms with Crippen LogP contribution >= 0.6 is 0 Å². The van der Waals surface area contributed by atoms with E-state index in [-0.39, 0.29) is 6.04 Å². The van der Waals surface area contributed by atoms with Gasteiger partial charge in [0, 0.05) is 18.4 Å². The highest BCUT2D eigenvalue weighted by Gasteiger charge is 2.38. The average Bonchev–Trinajstić information content (AvgIpc) is 2.76. The third-order valence-corrected chi connectivity index (χ3v) is 3.43. The molecule has 1 aliphatic heterocycles. The quantitative estimate of drug-likeness (QED) is 0.901. The Kier molecular flexibility index (Phi) is 3.47. The topological polar surface area (TPSA) is 36.4 Å². The Balaban J connectivity index is 2.32. The van der Waals surface area contributed by atoms with Crippen LogP contribution in [0.4, 0.5) is 18.9 Å². The van der Waals surface area contributed by atoms with Crippen LogP contribution in [0, 0.1) is 0 Å². The SMILES string of the molecule is CC(C)(O)[C@@H]1CCCN1c1ccnc(C(F)(F)F)c1. The molecule has 19 heavy (non-hydrogen) atoms. The maximum absolute atomic E-state index is 12.7. The summed E-state index contributed by atoms with van der Waals surface area (Å²) in [6.45, 7) is 4.01. The summed E-state index contributed by atoms with van der Waals surface area (Å²) in [6, 6.07) is 2.43. The summed E-state index contributed by atoms with van der Waals surface area (Å²) in [5, 5.41) is 10.1. The van der Waals surface area contributed by atoms with Crippen molar-refractivity contribution in [2.75, 3.05) is 11.4 Å². The van der Waals surface area contributed by atoms with Gasteiger partial charge in [-0.1, -0.05) is 0 Å². The molecule has 0 aromatic carbocycles. The Bertz CT molecular complexity index is 454. The first-order valence-corrected chi connectivity index (χ1v) is 6.22. The monoisotopic (exact) mass is 274 g/mol. The molecule has 0 unspecified atom stereocenters. The van der Waals surface area contributed by atoms with Crippen LogP contribution in [0.5, 0.6) is 0 Å². The summed E-state index contributed by atoms with van der Waals surface area (Å²) in [7, 11) is 0. The van der Waals surface area contributed by atoms with Gasteiger partial charge in [-0.05, 0) is 38.8 Å². The summed E-state index contributed by atoms with van der Waals surface area (Å²) >= 11 is 0. The number of aromatic nitrogens is 1. The van der Waals surface area contributed by atoms with Gasteiger partial charge in [-0.3, -0.25) is 4.98 Å². The van der Waals surface area contributed by atoms with Crippen LogP contribution in [-0.2, 0) is 6.18 Å². The molecule has 1 atom stereocenters. The van der Waals surface area contributed by atoms with Gasteiger partial charge in [-0.25, -0.2) is 0 Å². The van der Waals surface area contributed by atoms with Crippen molar-refractivity contribution in [2.45, 2.75) is 44.5 Å². The third-order valence-electron chi connectivity index (χ3n) is 3.43. The summed E-state index contributed by atoms with van der Waals surface area (Å²) in [5.74, 6) is 0. The molecule has 1 aromatic rings. The standard InChI is InChI=1S/C13H17F3N2O/c1-12(2,19)11-4-3-7-18(11)9-5-6-17-10(8-9)13(14,15)16/h5-6,8,11,19H,3-4,7H2,1-2H3/t11-/m0/s1. The zero-order valence-electron chi connectivity index (χ0n) is 10.9. The van der Waals surface area contributed by atoms with Gasteiger partial charge < -0.3 is 10.0 Å². The van der Waals surface area contributed by atoms with Crippen molar-refractivity contribution in [1.82, 2.24) is 4.98 Å². The molecule has 0 radical (unpaired) electrons. The Morgan fingerprint density at radius 2 is 2.05 bits per heavy atom. The number of hydrogen-bond donors (Lipinski definition) is 1. The summed E-state index contributed by atoms with van der Waals surface area (Å²) in [5.41, 5.74) is -1.38. The summed E-state index contributed by atoms with van der Waals surface area (Å²) in [4.78, 5) is 5.19. The first kappa shape index (κ1) is 14.1. The Hall–Kier alpha value is -1.30.